The van der Waals surface area contributed by atoms with Crippen molar-refractivity contribution in [3.63, 3.8) is 0 Å². The zero-order valence-electron chi connectivity index (χ0n) is 22.4. The Bertz CT molecular complexity index is 738. The number of hydrogen-bond acceptors (Lipinski definition) is 4. The summed E-state index contributed by atoms with van der Waals surface area (Å²) in [5.41, 5.74) is 0.0338. The number of nitrogens with one attached hydrogen (secondary N) is 1. The summed E-state index contributed by atoms with van der Waals surface area (Å²) in [6.45, 7) is 2.93. The summed E-state index contributed by atoms with van der Waals surface area (Å²) in [4.78, 5) is 17.6. The third-order valence-electron chi connectivity index (χ3n) is 8.07. The van der Waals surface area contributed by atoms with E-state index in [-0.39, 0.29) is 18.0 Å². The molecule has 1 aliphatic heterocycles. The molecule has 3 atom stereocenters. The molecule has 6 heteroatoms. The molecule has 2 fully saturated rings. The van der Waals surface area contributed by atoms with E-state index in [2.05, 4.69) is 24.3 Å². The Morgan fingerprint density at radius 3 is 2.57 bits per heavy atom. The number of urea groups is 1. The Hall–Kier alpha value is -1.63. The standard InChI is InChI=1S/C29H49N3O3/c1-31(2)23-27(21-24-13-6-4-7-14-24)30-28(33)32-19-12-17-26(22-32)29(34,18-10-11-20-35-3)25-15-8-5-9-16-25/h5,8-9,15-16,24,26-27,34H,4,6-7,10-14,17-23H2,1-3H3,(H,30,33)/t26-,27+,29-/m1/s1. The number of nitrogens with zero attached hydrogens (tertiary/aromatic N) is 2. The van der Waals surface area contributed by atoms with E-state index in [1.165, 1.54) is 32.1 Å². The largest absolute Gasteiger partial charge is 0.385 e. The van der Waals surface area contributed by atoms with Crippen LogP contribution < -0.4 is 5.32 Å². The molecule has 0 spiro atoms. The predicted octanol–water partition coefficient (Wildman–Crippen LogP) is 5.01. The minimum absolute atomic E-state index is 0.0255. The molecular weight excluding hydrogens is 438 g/mol. The molecule has 2 amide bonds. The summed E-state index contributed by atoms with van der Waals surface area (Å²) in [6, 6.07) is 10.3. The quantitative estimate of drug-likeness (QED) is 0.407. The van der Waals surface area contributed by atoms with E-state index in [4.69, 9.17) is 4.74 Å². The molecule has 3 rings (SSSR count). The van der Waals surface area contributed by atoms with Gasteiger partial charge in [0, 0.05) is 45.3 Å². The smallest absolute Gasteiger partial charge is 0.317 e. The molecule has 0 radical (unpaired) electrons. The summed E-state index contributed by atoms with van der Waals surface area (Å²) in [7, 11) is 5.89. The number of methoxy groups -OCH3 is 1. The number of aliphatic hydroxyl groups is 1. The molecule has 1 saturated carbocycles. The Morgan fingerprint density at radius 1 is 1.14 bits per heavy atom. The van der Waals surface area contributed by atoms with Gasteiger partial charge in [-0.05, 0) is 64.1 Å². The van der Waals surface area contributed by atoms with Crippen LogP contribution >= 0.6 is 0 Å². The average Bonchev–Trinajstić information content (AvgIpc) is 2.87. The van der Waals surface area contributed by atoms with Crippen LogP contribution in [0.1, 0.15) is 76.2 Å². The molecule has 198 valence electrons. The van der Waals surface area contributed by atoms with Crippen molar-refractivity contribution in [2.24, 2.45) is 11.8 Å². The van der Waals surface area contributed by atoms with Crippen LogP contribution in [0.2, 0.25) is 0 Å². The molecule has 1 saturated heterocycles. The highest BCUT2D eigenvalue weighted by atomic mass is 16.5. The zero-order valence-corrected chi connectivity index (χ0v) is 22.4. The van der Waals surface area contributed by atoms with Crippen LogP contribution in [0.15, 0.2) is 30.3 Å². The first-order chi connectivity index (χ1) is 16.9. The Kier molecular flexibility index (Phi) is 11.3. The van der Waals surface area contributed by atoms with E-state index in [1.807, 2.05) is 35.2 Å². The maximum Gasteiger partial charge on any atom is 0.317 e. The molecule has 1 aliphatic carbocycles. The zero-order chi connectivity index (χ0) is 25.1. The van der Waals surface area contributed by atoms with Crippen molar-refractivity contribution >= 4 is 6.03 Å². The van der Waals surface area contributed by atoms with E-state index in [0.717, 1.165) is 56.7 Å². The van der Waals surface area contributed by atoms with E-state index < -0.39 is 5.60 Å². The van der Waals surface area contributed by atoms with Gasteiger partial charge in [0.15, 0.2) is 0 Å². The molecule has 1 heterocycles. The third kappa shape index (κ3) is 8.47. The van der Waals surface area contributed by atoms with Crippen LogP contribution in [0.25, 0.3) is 0 Å². The lowest BCUT2D eigenvalue weighted by atomic mass is 9.74. The fraction of sp³-hybridized carbons (Fsp3) is 0.759. The highest BCUT2D eigenvalue weighted by Gasteiger charge is 2.41. The van der Waals surface area contributed by atoms with Crippen LogP contribution in [0.3, 0.4) is 0 Å². The van der Waals surface area contributed by atoms with Crippen molar-refractivity contribution in [3.8, 4) is 0 Å². The first kappa shape index (κ1) is 27.9. The first-order valence-electron chi connectivity index (χ1n) is 13.9. The second-order valence-corrected chi connectivity index (χ2v) is 11.2. The normalized spacial score (nSPS) is 22.1. The van der Waals surface area contributed by atoms with Gasteiger partial charge < -0.3 is 25.0 Å². The van der Waals surface area contributed by atoms with Crippen molar-refractivity contribution < 1.29 is 14.6 Å². The van der Waals surface area contributed by atoms with Gasteiger partial charge in [0.25, 0.3) is 0 Å². The number of unbranched alkanes of at least 4 members (excludes halogenated alkanes) is 1. The van der Waals surface area contributed by atoms with Crippen LogP contribution in [-0.4, -0.2) is 74.4 Å². The highest BCUT2D eigenvalue weighted by molar-refractivity contribution is 5.74. The SMILES string of the molecule is COCCCC[C@@](O)(c1ccccc1)[C@@H]1CCCN(C(=O)N[C@@H](CC2CCCCC2)CN(C)C)C1. The predicted molar refractivity (Wildman–Crippen MR) is 142 cm³/mol. The topological polar surface area (TPSA) is 65.0 Å². The number of hydrogen-bond donors (Lipinski definition) is 2. The van der Waals surface area contributed by atoms with Crippen LogP contribution in [0, 0.1) is 11.8 Å². The molecule has 2 N–H and O–H groups in total. The summed E-state index contributed by atoms with van der Waals surface area (Å²) in [5.74, 6) is 0.746. The Morgan fingerprint density at radius 2 is 1.89 bits per heavy atom. The number of benzene rings is 1. The number of rotatable bonds is 12. The molecule has 0 aromatic heterocycles. The number of ether oxygens (including phenoxy) is 1. The van der Waals surface area contributed by atoms with Gasteiger partial charge in [-0.15, -0.1) is 0 Å². The molecular formula is C29H49N3O3. The molecule has 35 heavy (non-hydrogen) atoms. The summed E-state index contributed by atoms with van der Waals surface area (Å²) >= 11 is 0. The van der Waals surface area contributed by atoms with Crippen LogP contribution in [0.5, 0.6) is 0 Å². The van der Waals surface area contributed by atoms with E-state index in [1.54, 1.807) is 7.11 Å². The number of piperidine rings is 1. The minimum Gasteiger partial charge on any atom is -0.385 e. The number of carbonyl (C=O) groups is 1. The maximum absolute atomic E-state index is 13.4. The lowest BCUT2D eigenvalue weighted by Gasteiger charge is -2.43. The number of likely N-dealkylation sites (tertiary alicyclic amines) is 1. The lowest BCUT2D eigenvalue weighted by Crippen LogP contribution is -2.54. The molecule has 6 nitrogen and oxygen atoms in total. The Balaban J connectivity index is 1.66. The maximum atomic E-state index is 13.4. The molecule has 0 unspecified atom stereocenters. The van der Waals surface area contributed by atoms with Gasteiger partial charge >= 0.3 is 6.03 Å². The summed E-state index contributed by atoms with van der Waals surface area (Å²) in [5, 5.41) is 15.4. The van der Waals surface area contributed by atoms with Gasteiger partial charge in [-0.3, -0.25) is 0 Å². The van der Waals surface area contributed by atoms with Gasteiger partial charge in [0.1, 0.15) is 0 Å². The fourth-order valence-electron chi connectivity index (χ4n) is 6.21. The van der Waals surface area contributed by atoms with Gasteiger partial charge in [-0.1, -0.05) is 62.4 Å². The average molecular weight is 488 g/mol. The third-order valence-corrected chi connectivity index (χ3v) is 8.07. The fourth-order valence-corrected chi connectivity index (χ4v) is 6.21. The van der Waals surface area contributed by atoms with Gasteiger partial charge in [-0.2, -0.15) is 0 Å². The van der Waals surface area contributed by atoms with Gasteiger partial charge in [0.05, 0.1) is 5.60 Å². The van der Waals surface area contributed by atoms with Gasteiger partial charge in [0.2, 0.25) is 0 Å². The van der Waals surface area contributed by atoms with Gasteiger partial charge in [-0.25, -0.2) is 4.79 Å². The monoisotopic (exact) mass is 487 g/mol. The number of amides is 2. The van der Waals surface area contributed by atoms with Crippen LogP contribution in [0.4, 0.5) is 4.79 Å². The van der Waals surface area contributed by atoms with Crippen molar-refractivity contribution in [2.45, 2.75) is 82.3 Å². The van der Waals surface area contributed by atoms with Crippen LogP contribution in [-0.2, 0) is 10.3 Å². The first-order valence-corrected chi connectivity index (χ1v) is 13.9. The second-order valence-electron chi connectivity index (χ2n) is 11.2. The van der Waals surface area contributed by atoms with Crippen molar-refractivity contribution in [3.05, 3.63) is 35.9 Å². The molecule has 1 aromatic carbocycles. The second kappa shape index (κ2) is 14.2. The molecule has 2 aliphatic rings. The number of likely N-dealkylation sites (N-methyl/N-ethyl adjacent to an activating group) is 1. The van der Waals surface area contributed by atoms with E-state index in [9.17, 15) is 9.90 Å². The van der Waals surface area contributed by atoms with Crippen molar-refractivity contribution in [1.82, 2.24) is 15.1 Å². The summed E-state index contributed by atoms with van der Waals surface area (Å²) in [6.07, 6.45) is 12.0. The molecule has 0 bridgehead atoms. The molecule has 1 aromatic rings. The Labute approximate surface area is 213 Å². The van der Waals surface area contributed by atoms with E-state index in [0.29, 0.717) is 19.6 Å². The minimum atomic E-state index is -0.931. The van der Waals surface area contributed by atoms with Crippen molar-refractivity contribution in [1.29, 1.82) is 0 Å². The highest BCUT2D eigenvalue weighted by Crippen LogP contribution is 2.39. The van der Waals surface area contributed by atoms with E-state index >= 15 is 0 Å². The number of carbonyl (C=O) groups excluding carboxylic acids is 1. The van der Waals surface area contributed by atoms with Crippen molar-refractivity contribution in [2.75, 3.05) is 47.4 Å². The summed E-state index contributed by atoms with van der Waals surface area (Å²) < 4.78 is 5.23. The lowest BCUT2D eigenvalue weighted by molar-refractivity contribution is -0.0564.